The molecule has 0 amide bonds. The van der Waals surface area contributed by atoms with Gasteiger partial charge in [0.25, 0.3) is 0 Å². The smallest absolute Gasteiger partial charge is 0.147 e. The largest absolute Gasteiger partial charge is 0.481 e. The molecule has 0 saturated heterocycles. The van der Waals surface area contributed by atoms with Crippen LogP contribution in [0.25, 0.3) is 76.9 Å². The summed E-state index contributed by atoms with van der Waals surface area (Å²) in [5, 5.41) is 6.75. The van der Waals surface area contributed by atoms with E-state index in [-0.39, 0.29) is 5.92 Å². The summed E-state index contributed by atoms with van der Waals surface area (Å²) in [6, 6.07) is 35.9. The molecule has 4 heteroatoms. The highest BCUT2D eigenvalue weighted by Gasteiger charge is 2.45. The van der Waals surface area contributed by atoms with Crippen molar-refractivity contribution in [2.45, 2.75) is 18.4 Å². The number of fused-ring (bicyclic) bond motifs is 12. The summed E-state index contributed by atoms with van der Waals surface area (Å²) in [6.45, 7) is 2.16. The van der Waals surface area contributed by atoms with Crippen molar-refractivity contribution in [1.82, 2.24) is 9.97 Å². The number of para-hydroxylation sites is 1. The minimum absolute atomic E-state index is 0.0987. The molecule has 3 heterocycles. The molecule has 2 aromatic heterocycles. The highest BCUT2D eigenvalue weighted by Crippen LogP contribution is 2.56. The molecule has 0 saturated carbocycles. The van der Waals surface area contributed by atoms with Gasteiger partial charge in [0, 0.05) is 38.6 Å². The van der Waals surface area contributed by atoms with Gasteiger partial charge in [0.05, 0.1) is 28.5 Å². The summed E-state index contributed by atoms with van der Waals surface area (Å²) in [6.07, 6.45) is 10.5. The highest BCUT2D eigenvalue weighted by atomic mass is 16.5. The fourth-order valence-electron chi connectivity index (χ4n) is 7.57. The Bertz CT molecular complexity index is 2570. The van der Waals surface area contributed by atoms with Gasteiger partial charge in [-0.15, -0.1) is 0 Å². The van der Waals surface area contributed by atoms with Gasteiger partial charge in [-0.05, 0) is 41.5 Å². The molecule has 0 N–H and O–H groups in total. The number of aromatic nitrogens is 2. The average molecular weight is 579 g/mol. The maximum absolute atomic E-state index is 6.92. The van der Waals surface area contributed by atoms with Crippen molar-refractivity contribution in [2.75, 3.05) is 0 Å². The zero-order valence-corrected chi connectivity index (χ0v) is 24.5. The summed E-state index contributed by atoms with van der Waals surface area (Å²) in [4.78, 5) is 10.4. The number of rotatable bonds is 2. The summed E-state index contributed by atoms with van der Waals surface area (Å²) < 4.78 is 13.6. The number of furan rings is 1. The van der Waals surface area contributed by atoms with Crippen molar-refractivity contribution in [3.05, 3.63) is 139 Å². The molecule has 0 spiro atoms. The normalized spacial score (nSPS) is 18.6. The first-order valence-corrected chi connectivity index (χ1v) is 15.4. The van der Waals surface area contributed by atoms with Gasteiger partial charge in [0.2, 0.25) is 0 Å². The molecule has 0 bridgehead atoms. The van der Waals surface area contributed by atoms with E-state index in [4.69, 9.17) is 19.1 Å². The van der Waals surface area contributed by atoms with Crippen LogP contribution in [-0.4, -0.2) is 15.6 Å². The number of allylic oxidation sites excluding steroid dienone is 2. The van der Waals surface area contributed by atoms with Crippen LogP contribution in [0.15, 0.2) is 138 Å². The molecule has 4 nitrogen and oxygen atoms in total. The minimum atomic E-state index is -0.474. The molecule has 2 atom stereocenters. The Morgan fingerprint density at radius 1 is 0.667 bits per heavy atom. The maximum atomic E-state index is 6.92. The molecule has 1 aliphatic heterocycles. The van der Waals surface area contributed by atoms with E-state index in [0.717, 1.165) is 71.9 Å². The number of nitrogens with zero attached hydrogens (tertiary/aromatic N) is 2. The second kappa shape index (κ2) is 8.90. The molecule has 212 valence electrons. The van der Waals surface area contributed by atoms with Crippen LogP contribution in [0.5, 0.6) is 5.75 Å². The van der Waals surface area contributed by atoms with E-state index in [1.807, 2.05) is 18.3 Å². The molecule has 0 fully saturated rings. The van der Waals surface area contributed by atoms with Gasteiger partial charge in [-0.2, -0.15) is 0 Å². The zero-order valence-electron chi connectivity index (χ0n) is 24.5. The van der Waals surface area contributed by atoms with Gasteiger partial charge >= 0.3 is 0 Å². The van der Waals surface area contributed by atoms with E-state index in [0.29, 0.717) is 0 Å². The van der Waals surface area contributed by atoms with Gasteiger partial charge in [0.1, 0.15) is 22.5 Å². The summed E-state index contributed by atoms with van der Waals surface area (Å²) in [5.41, 5.74) is 7.93. The van der Waals surface area contributed by atoms with E-state index in [1.165, 1.54) is 16.3 Å². The van der Waals surface area contributed by atoms with E-state index < -0.39 is 5.60 Å². The van der Waals surface area contributed by atoms with E-state index in [2.05, 4.69) is 122 Å². The second-order valence-electron chi connectivity index (χ2n) is 12.2. The molecule has 45 heavy (non-hydrogen) atoms. The third-order valence-electron chi connectivity index (χ3n) is 9.67. The lowest BCUT2D eigenvalue weighted by Crippen LogP contribution is -2.32. The van der Waals surface area contributed by atoms with E-state index in [9.17, 15) is 0 Å². The lowest BCUT2D eigenvalue weighted by molar-refractivity contribution is 0.156. The van der Waals surface area contributed by atoms with Gasteiger partial charge in [0.15, 0.2) is 0 Å². The zero-order chi connectivity index (χ0) is 29.7. The standard InChI is InChI=1S/C41H26N2O2/c1-41-21-11-10-19-33(41)32-22-31-27-15-8-9-20-35(27)44-39(31)36(40(32)45-41)28-16-5-4-14-26(28)34-23-42-37-29-17-6-2-12-24(29)25-13-3-7-18-30(25)38(37)43-34/h2-23,33H,1H3. The lowest BCUT2D eigenvalue weighted by Gasteiger charge is -2.27. The molecular weight excluding hydrogens is 552 g/mol. The quantitative estimate of drug-likeness (QED) is 0.192. The van der Waals surface area contributed by atoms with Crippen molar-refractivity contribution in [2.24, 2.45) is 0 Å². The Kier molecular flexibility index (Phi) is 4.88. The fraction of sp³-hybridized carbons (Fsp3) is 0.0732. The van der Waals surface area contributed by atoms with Gasteiger partial charge in [-0.1, -0.05) is 109 Å². The first-order chi connectivity index (χ1) is 22.2. The minimum Gasteiger partial charge on any atom is -0.481 e. The van der Waals surface area contributed by atoms with Crippen LogP contribution < -0.4 is 4.74 Å². The summed E-state index contributed by atoms with van der Waals surface area (Å²) >= 11 is 0. The third kappa shape index (κ3) is 3.37. The van der Waals surface area contributed by atoms with Crippen molar-refractivity contribution in [3.8, 4) is 28.1 Å². The Hall–Kier alpha value is -5.74. The molecule has 8 aromatic rings. The van der Waals surface area contributed by atoms with Crippen LogP contribution >= 0.6 is 0 Å². The van der Waals surface area contributed by atoms with Gasteiger partial charge in [-0.3, -0.25) is 4.98 Å². The van der Waals surface area contributed by atoms with E-state index in [1.54, 1.807) is 0 Å². The molecule has 1 aliphatic carbocycles. The average Bonchev–Trinajstić information content (AvgIpc) is 3.61. The predicted molar refractivity (Wildman–Crippen MR) is 183 cm³/mol. The first-order valence-electron chi connectivity index (χ1n) is 15.4. The molecular formula is C41H26N2O2. The summed E-state index contributed by atoms with van der Waals surface area (Å²) in [5.74, 6) is 0.962. The second-order valence-corrected chi connectivity index (χ2v) is 12.2. The monoisotopic (exact) mass is 578 g/mol. The van der Waals surface area contributed by atoms with Gasteiger partial charge in [-0.25, -0.2) is 4.98 Å². The Labute approximate surface area is 258 Å². The summed E-state index contributed by atoms with van der Waals surface area (Å²) in [7, 11) is 0. The number of benzene rings is 6. The molecule has 6 aromatic carbocycles. The van der Waals surface area contributed by atoms with Crippen LogP contribution in [0.4, 0.5) is 0 Å². The molecule has 0 radical (unpaired) electrons. The highest BCUT2D eigenvalue weighted by molar-refractivity contribution is 6.23. The Morgan fingerprint density at radius 2 is 1.33 bits per heavy atom. The molecule has 2 unspecified atom stereocenters. The van der Waals surface area contributed by atoms with E-state index >= 15 is 0 Å². The van der Waals surface area contributed by atoms with Crippen LogP contribution in [0.2, 0.25) is 0 Å². The van der Waals surface area contributed by atoms with Crippen molar-refractivity contribution >= 4 is 54.5 Å². The van der Waals surface area contributed by atoms with Crippen LogP contribution in [0.1, 0.15) is 18.4 Å². The maximum Gasteiger partial charge on any atom is 0.147 e. The number of ether oxygens (including phenoxy) is 1. The Morgan fingerprint density at radius 3 is 2.13 bits per heavy atom. The predicted octanol–water partition coefficient (Wildman–Crippen LogP) is 10.5. The number of hydrogen-bond acceptors (Lipinski definition) is 4. The lowest BCUT2D eigenvalue weighted by atomic mass is 9.81. The van der Waals surface area contributed by atoms with Crippen LogP contribution in [0, 0.1) is 0 Å². The first kappa shape index (κ1) is 24.7. The molecule has 10 rings (SSSR count). The van der Waals surface area contributed by atoms with Gasteiger partial charge < -0.3 is 9.15 Å². The SMILES string of the molecule is CC12C=CC=CC1c1cc3c(oc4ccccc43)c(-c3ccccc3-c3cnc4c5ccccc5c5ccccc5c4n3)c1O2. The van der Waals surface area contributed by atoms with Crippen LogP contribution in [-0.2, 0) is 0 Å². The topological polar surface area (TPSA) is 48.2 Å². The van der Waals surface area contributed by atoms with Crippen molar-refractivity contribution in [1.29, 1.82) is 0 Å². The van der Waals surface area contributed by atoms with Crippen molar-refractivity contribution in [3.63, 3.8) is 0 Å². The van der Waals surface area contributed by atoms with Crippen LogP contribution in [0.3, 0.4) is 0 Å². The third-order valence-corrected chi connectivity index (χ3v) is 9.67. The fourth-order valence-corrected chi connectivity index (χ4v) is 7.57. The molecule has 2 aliphatic rings. The van der Waals surface area contributed by atoms with Crippen molar-refractivity contribution < 1.29 is 9.15 Å². The number of hydrogen-bond donors (Lipinski definition) is 0. The Balaban J connectivity index is 1.29.